The van der Waals surface area contributed by atoms with Gasteiger partial charge in [-0.05, 0) is 25.5 Å². The number of benzene rings is 1. The van der Waals surface area contributed by atoms with E-state index in [1.807, 2.05) is 26.0 Å². The second kappa shape index (κ2) is 7.27. The predicted octanol–water partition coefficient (Wildman–Crippen LogP) is -0.374. The first-order valence-electron chi connectivity index (χ1n) is 7.47. The molecule has 1 aromatic rings. The number of amides is 1. The Balaban J connectivity index is 2.25. The number of hydrogen-bond donors (Lipinski definition) is 4. The largest absolute Gasteiger partial charge is 0.462 e. The van der Waals surface area contributed by atoms with Crippen LogP contribution in [0.4, 0.5) is 0 Å². The van der Waals surface area contributed by atoms with Gasteiger partial charge in [-0.3, -0.25) is 4.79 Å². The molecule has 1 fully saturated rings. The molecule has 0 aliphatic carbocycles. The molecule has 1 aliphatic heterocycles. The molecule has 1 amide bonds. The van der Waals surface area contributed by atoms with Gasteiger partial charge in [0, 0.05) is 6.92 Å². The third-order valence-corrected chi connectivity index (χ3v) is 3.82. The lowest BCUT2D eigenvalue weighted by molar-refractivity contribution is -0.244. The minimum absolute atomic E-state index is 0.387. The summed E-state index contributed by atoms with van der Waals surface area (Å²) in [4.78, 5) is 11.4. The Morgan fingerprint density at radius 3 is 2.57 bits per heavy atom. The van der Waals surface area contributed by atoms with Gasteiger partial charge in [0.25, 0.3) is 0 Å². The molecule has 0 radical (unpaired) electrons. The maximum atomic E-state index is 11.4. The number of hydrogen-bond acceptors (Lipinski definition) is 6. The normalized spacial score (nSPS) is 30.8. The topological polar surface area (TPSA) is 108 Å². The smallest absolute Gasteiger partial charge is 0.223 e. The predicted molar refractivity (Wildman–Crippen MR) is 81.9 cm³/mol. The van der Waals surface area contributed by atoms with Gasteiger partial charge >= 0.3 is 0 Å². The number of carbonyl (C=O) groups is 1. The zero-order valence-corrected chi connectivity index (χ0v) is 13.4. The summed E-state index contributed by atoms with van der Waals surface area (Å²) in [5.41, 5.74) is 1.94. The Labute approximate surface area is 134 Å². The Kier molecular flexibility index (Phi) is 5.59. The number of rotatable bonds is 4. The minimum Gasteiger partial charge on any atom is -0.462 e. The molecule has 0 bridgehead atoms. The Morgan fingerprint density at radius 1 is 1.30 bits per heavy atom. The van der Waals surface area contributed by atoms with Crippen molar-refractivity contribution in [3.8, 4) is 5.75 Å². The van der Waals surface area contributed by atoms with Crippen molar-refractivity contribution in [1.29, 1.82) is 0 Å². The number of ether oxygens (including phenoxy) is 2. The Bertz CT molecular complexity index is 564. The summed E-state index contributed by atoms with van der Waals surface area (Å²) in [6, 6.07) is 4.61. The van der Waals surface area contributed by atoms with Gasteiger partial charge in [-0.1, -0.05) is 17.7 Å². The highest BCUT2D eigenvalue weighted by atomic mass is 16.7. The van der Waals surface area contributed by atoms with Crippen LogP contribution in [0.3, 0.4) is 0 Å². The summed E-state index contributed by atoms with van der Waals surface area (Å²) in [6.45, 7) is 4.65. The van der Waals surface area contributed by atoms with Crippen LogP contribution in [0.15, 0.2) is 18.2 Å². The van der Waals surface area contributed by atoms with Crippen molar-refractivity contribution in [2.75, 3.05) is 6.61 Å². The van der Waals surface area contributed by atoms with E-state index in [1.54, 1.807) is 6.07 Å². The molecule has 1 saturated heterocycles. The summed E-state index contributed by atoms with van der Waals surface area (Å²) in [7, 11) is 0. The molecule has 1 heterocycles. The molecule has 5 atom stereocenters. The van der Waals surface area contributed by atoms with E-state index >= 15 is 0 Å². The highest BCUT2D eigenvalue weighted by Crippen LogP contribution is 2.26. The van der Waals surface area contributed by atoms with Crippen molar-refractivity contribution in [2.45, 2.75) is 51.4 Å². The molecule has 0 unspecified atom stereocenters. The van der Waals surface area contributed by atoms with Gasteiger partial charge in [-0.15, -0.1) is 0 Å². The number of carbonyl (C=O) groups excluding carboxylic acids is 1. The van der Waals surface area contributed by atoms with Crippen LogP contribution in [0.5, 0.6) is 5.75 Å². The van der Waals surface area contributed by atoms with Crippen LogP contribution in [0.2, 0.25) is 0 Å². The van der Waals surface area contributed by atoms with Gasteiger partial charge in [0.05, 0.1) is 6.61 Å². The van der Waals surface area contributed by atoms with E-state index in [2.05, 4.69) is 5.32 Å². The molecule has 7 nitrogen and oxygen atoms in total. The summed E-state index contributed by atoms with van der Waals surface area (Å²) in [5.74, 6) is 0.151. The van der Waals surface area contributed by atoms with Crippen LogP contribution in [-0.2, 0) is 9.53 Å². The Morgan fingerprint density at radius 2 is 2.00 bits per heavy atom. The quantitative estimate of drug-likeness (QED) is 0.601. The standard InChI is InChI=1S/C16H23NO6/c1-8-4-5-11(9(2)6-8)22-16-13(17-10(3)19)15(21)14(20)12(7-18)23-16/h4-6,12-16,18,20-21H,7H2,1-3H3,(H,17,19)/t12-,13+,14+,15-,16-/m1/s1. The lowest BCUT2D eigenvalue weighted by atomic mass is 9.97. The molecular weight excluding hydrogens is 302 g/mol. The number of aryl methyl sites for hydroxylation is 2. The van der Waals surface area contributed by atoms with Gasteiger partial charge < -0.3 is 30.1 Å². The number of aliphatic hydroxyl groups excluding tert-OH is 3. The van der Waals surface area contributed by atoms with Crippen molar-refractivity contribution >= 4 is 5.91 Å². The van der Waals surface area contributed by atoms with Crippen molar-refractivity contribution in [2.24, 2.45) is 0 Å². The van der Waals surface area contributed by atoms with Crippen LogP contribution in [0.1, 0.15) is 18.1 Å². The Hall–Kier alpha value is -1.67. The third kappa shape index (κ3) is 4.00. The summed E-state index contributed by atoms with van der Waals surface area (Å²) >= 11 is 0. The molecular formula is C16H23NO6. The lowest BCUT2D eigenvalue weighted by Crippen LogP contribution is -2.65. The van der Waals surface area contributed by atoms with E-state index < -0.39 is 37.3 Å². The molecule has 23 heavy (non-hydrogen) atoms. The molecule has 1 aliphatic rings. The summed E-state index contributed by atoms with van der Waals surface area (Å²) < 4.78 is 11.3. The van der Waals surface area contributed by atoms with Crippen LogP contribution in [-0.4, -0.2) is 58.5 Å². The zero-order valence-electron chi connectivity index (χ0n) is 13.4. The maximum Gasteiger partial charge on any atom is 0.223 e. The van der Waals surface area contributed by atoms with Crippen molar-refractivity contribution in [3.63, 3.8) is 0 Å². The van der Waals surface area contributed by atoms with Gasteiger partial charge in [-0.25, -0.2) is 0 Å². The lowest BCUT2D eigenvalue weighted by Gasteiger charge is -2.42. The van der Waals surface area contributed by atoms with Crippen LogP contribution >= 0.6 is 0 Å². The van der Waals surface area contributed by atoms with E-state index in [0.717, 1.165) is 11.1 Å². The average molecular weight is 325 g/mol. The maximum absolute atomic E-state index is 11.4. The molecule has 0 spiro atoms. The molecule has 7 heteroatoms. The summed E-state index contributed by atoms with van der Waals surface area (Å²) in [6.07, 6.45) is -4.67. The summed E-state index contributed by atoms with van der Waals surface area (Å²) in [5, 5.41) is 32.0. The van der Waals surface area contributed by atoms with Gasteiger partial charge in [-0.2, -0.15) is 0 Å². The fourth-order valence-electron chi connectivity index (χ4n) is 2.63. The molecule has 128 valence electrons. The highest BCUT2D eigenvalue weighted by Gasteiger charge is 2.46. The fourth-order valence-corrected chi connectivity index (χ4v) is 2.63. The monoisotopic (exact) mass is 325 g/mol. The molecule has 2 rings (SSSR count). The minimum atomic E-state index is -1.32. The molecule has 1 aromatic carbocycles. The number of aliphatic hydroxyl groups is 3. The first-order chi connectivity index (χ1) is 10.8. The molecule has 0 aromatic heterocycles. The van der Waals surface area contributed by atoms with Crippen molar-refractivity contribution < 1.29 is 29.6 Å². The number of nitrogens with one attached hydrogen (secondary N) is 1. The third-order valence-electron chi connectivity index (χ3n) is 3.82. The SMILES string of the molecule is CC(=O)N[C@@H]1[C@H](Oc2ccc(C)cc2C)O[C@H](CO)[C@H](O)[C@@H]1O. The van der Waals surface area contributed by atoms with E-state index in [-0.39, 0.29) is 5.91 Å². The molecule has 0 saturated carbocycles. The van der Waals surface area contributed by atoms with Crippen LogP contribution in [0, 0.1) is 13.8 Å². The van der Waals surface area contributed by atoms with E-state index in [9.17, 15) is 20.1 Å². The first-order valence-corrected chi connectivity index (χ1v) is 7.47. The van der Waals surface area contributed by atoms with Gasteiger partial charge in [0.15, 0.2) is 0 Å². The highest BCUT2D eigenvalue weighted by molar-refractivity contribution is 5.73. The second-order valence-electron chi connectivity index (χ2n) is 5.82. The fraction of sp³-hybridized carbons (Fsp3) is 0.562. The van der Waals surface area contributed by atoms with Crippen molar-refractivity contribution in [3.05, 3.63) is 29.3 Å². The van der Waals surface area contributed by atoms with Gasteiger partial charge in [0.1, 0.15) is 30.1 Å². The van der Waals surface area contributed by atoms with Crippen molar-refractivity contribution in [1.82, 2.24) is 5.32 Å². The van der Waals surface area contributed by atoms with E-state index in [0.29, 0.717) is 5.75 Å². The second-order valence-corrected chi connectivity index (χ2v) is 5.82. The zero-order chi connectivity index (χ0) is 17.1. The van der Waals surface area contributed by atoms with E-state index in [4.69, 9.17) is 9.47 Å². The average Bonchev–Trinajstić information content (AvgIpc) is 2.48. The van der Waals surface area contributed by atoms with E-state index in [1.165, 1.54) is 6.92 Å². The van der Waals surface area contributed by atoms with Crippen LogP contribution < -0.4 is 10.1 Å². The van der Waals surface area contributed by atoms with Crippen LogP contribution in [0.25, 0.3) is 0 Å². The first kappa shape index (κ1) is 17.7. The van der Waals surface area contributed by atoms with Gasteiger partial charge in [0.2, 0.25) is 12.2 Å². The molecule has 4 N–H and O–H groups in total.